The molecular weight excluding hydrogens is 466 g/mol. The van der Waals surface area contributed by atoms with Crippen LogP contribution < -0.4 is 20.1 Å². The highest BCUT2D eigenvalue weighted by Crippen LogP contribution is 2.33. The van der Waals surface area contributed by atoms with E-state index in [0.717, 1.165) is 6.07 Å². The van der Waals surface area contributed by atoms with Gasteiger partial charge in [-0.3, -0.25) is 9.59 Å². The summed E-state index contributed by atoms with van der Waals surface area (Å²) in [7, 11) is 2.36. The van der Waals surface area contributed by atoms with E-state index in [4.69, 9.17) is 18.6 Å². The fraction of sp³-hybridized carbons (Fsp3) is 0.304. The van der Waals surface area contributed by atoms with Crippen LogP contribution in [0.15, 0.2) is 35.4 Å². The molecule has 0 bridgehead atoms. The number of rotatable bonds is 8. The standard InChI is InChI=1S/C23H22F2N4O6/c1-4-18(30)27-11-5-6-34-10-13(11)29-23-26-9-17-12(28-23)7-16(35-17)22(31)19-20(24)14(32-2)8-15(33-3)21(19)25/h4,7-9,11,13H,1,5-6,10H2,2-3H3,(H,27,30)(H,26,28,29). The first-order chi connectivity index (χ1) is 16.9. The van der Waals surface area contributed by atoms with Crippen LogP contribution in [0.3, 0.4) is 0 Å². The summed E-state index contributed by atoms with van der Waals surface area (Å²) in [5.74, 6) is -4.63. The third kappa shape index (κ3) is 4.78. The van der Waals surface area contributed by atoms with Gasteiger partial charge in [-0.2, -0.15) is 0 Å². The van der Waals surface area contributed by atoms with Crippen molar-refractivity contribution < 1.29 is 37.0 Å². The Balaban J connectivity index is 1.62. The molecule has 0 aliphatic carbocycles. The van der Waals surface area contributed by atoms with Gasteiger partial charge in [-0.05, 0) is 12.5 Å². The minimum atomic E-state index is -1.19. The third-order valence-electron chi connectivity index (χ3n) is 5.48. The van der Waals surface area contributed by atoms with E-state index in [0.29, 0.717) is 19.6 Å². The van der Waals surface area contributed by atoms with Gasteiger partial charge in [0.2, 0.25) is 17.6 Å². The van der Waals surface area contributed by atoms with Crippen LogP contribution in [0.4, 0.5) is 14.7 Å². The van der Waals surface area contributed by atoms with Gasteiger partial charge in [0.05, 0.1) is 39.1 Å². The maximum absolute atomic E-state index is 14.8. The lowest BCUT2D eigenvalue weighted by Gasteiger charge is -2.32. The predicted molar refractivity (Wildman–Crippen MR) is 120 cm³/mol. The van der Waals surface area contributed by atoms with Crippen molar-refractivity contribution in [2.75, 3.05) is 32.8 Å². The average molecular weight is 488 g/mol. The molecule has 1 aliphatic rings. The number of hydrogen-bond acceptors (Lipinski definition) is 9. The minimum Gasteiger partial charge on any atom is -0.494 e. The van der Waals surface area contributed by atoms with Gasteiger partial charge in [-0.1, -0.05) is 6.58 Å². The molecule has 1 saturated heterocycles. The van der Waals surface area contributed by atoms with Crippen molar-refractivity contribution in [1.29, 1.82) is 0 Å². The number of ether oxygens (including phenoxy) is 3. The molecule has 3 heterocycles. The average Bonchev–Trinajstić information content (AvgIpc) is 3.29. The number of carbonyl (C=O) groups is 2. The predicted octanol–water partition coefficient (Wildman–Crippen LogP) is 2.62. The number of nitrogens with one attached hydrogen (secondary N) is 2. The van der Waals surface area contributed by atoms with E-state index in [1.54, 1.807) is 0 Å². The number of anilines is 1. The van der Waals surface area contributed by atoms with Crippen molar-refractivity contribution in [2.45, 2.75) is 18.5 Å². The van der Waals surface area contributed by atoms with Crippen LogP contribution >= 0.6 is 0 Å². The molecule has 1 aromatic carbocycles. The third-order valence-corrected chi connectivity index (χ3v) is 5.48. The number of methoxy groups -OCH3 is 2. The molecule has 2 atom stereocenters. The summed E-state index contributed by atoms with van der Waals surface area (Å²) < 4.78 is 50.2. The summed E-state index contributed by atoms with van der Waals surface area (Å²) in [4.78, 5) is 33.2. The Hall–Kier alpha value is -4.06. The van der Waals surface area contributed by atoms with E-state index < -0.39 is 23.0 Å². The van der Waals surface area contributed by atoms with Crippen LogP contribution in [0.1, 0.15) is 22.5 Å². The smallest absolute Gasteiger partial charge is 0.243 e. The van der Waals surface area contributed by atoms with E-state index in [2.05, 4.69) is 27.2 Å². The monoisotopic (exact) mass is 488 g/mol. The molecule has 1 fully saturated rings. The number of benzene rings is 1. The molecule has 10 nitrogen and oxygen atoms in total. The Labute approximate surface area is 198 Å². The van der Waals surface area contributed by atoms with Gasteiger partial charge in [-0.15, -0.1) is 0 Å². The highest BCUT2D eigenvalue weighted by atomic mass is 19.1. The fourth-order valence-electron chi connectivity index (χ4n) is 3.69. The molecule has 1 aliphatic heterocycles. The van der Waals surface area contributed by atoms with Crippen LogP contribution in [0.5, 0.6) is 11.5 Å². The maximum Gasteiger partial charge on any atom is 0.243 e. The number of halogens is 2. The Morgan fingerprint density at radius 1 is 1.17 bits per heavy atom. The van der Waals surface area contributed by atoms with Crippen LogP contribution in [0.25, 0.3) is 11.1 Å². The van der Waals surface area contributed by atoms with Gasteiger partial charge in [0.25, 0.3) is 0 Å². The topological polar surface area (TPSA) is 125 Å². The molecule has 2 aromatic heterocycles. The van der Waals surface area contributed by atoms with Crippen LogP contribution in [0, 0.1) is 11.6 Å². The highest BCUT2D eigenvalue weighted by Gasteiger charge is 2.30. The molecule has 184 valence electrons. The fourth-order valence-corrected chi connectivity index (χ4v) is 3.69. The summed E-state index contributed by atoms with van der Waals surface area (Å²) in [6, 6.07) is 1.68. The lowest BCUT2D eigenvalue weighted by Crippen LogP contribution is -2.52. The highest BCUT2D eigenvalue weighted by molar-refractivity contribution is 6.09. The lowest BCUT2D eigenvalue weighted by molar-refractivity contribution is -0.117. The van der Waals surface area contributed by atoms with Gasteiger partial charge in [0, 0.05) is 18.7 Å². The summed E-state index contributed by atoms with van der Waals surface area (Å²) in [5, 5.41) is 5.93. The number of nitrogens with zero attached hydrogens (tertiary/aromatic N) is 2. The molecule has 0 spiro atoms. The molecule has 2 unspecified atom stereocenters. The number of carbonyl (C=O) groups excluding carboxylic acids is 2. The number of ketones is 1. The molecule has 0 saturated carbocycles. The zero-order valence-corrected chi connectivity index (χ0v) is 18.9. The summed E-state index contributed by atoms with van der Waals surface area (Å²) in [6.07, 6.45) is 3.08. The van der Waals surface area contributed by atoms with E-state index in [1.807, 2.05) is 0 Å². The largest absolute Gasteiger partial charge is 0.494 e. The van der Waals surface area contributed by atoms with E-state index in [-0.39, 0.29) is 52.3 Å². The van der Waals surface area contributed by atoms with Gasteiger partial charge in [-0.25, -0.2) is 18.7 Å². The van der Waals surface area contributed by atoms with Crippen molar-refractivity contribution in [3.8, 4) is 11.5 Å². The Bertz CT molecular complexity index is 1270. The molecule has 1 amide bonds. The van der Waals surface area contributed by atoms with E-state index >= 15 is 0 Å². The molecule has 0 radical (unpaired) electrons. The quantitative estimate of drug-likeness (QED) is 0.364. The minimum absolute atomic E-state index is 0.131. The Morgan fingerprint density at radius 2 is 1.89 bits per heavy atom. The normalized spacial score (nSPS) is 17.6. The first-order valence-corrected chi connectivity index (χ1v) is 10.5. The van der Waals surface area contributed by atoms with Crippen molar-refractivity contribution in [3.05, 3.63) is 53.9 Å². The molecule has 35 heavy (non-hydrogen) atoms. The maximum atomic E-state index is 14.8. The van der Waals surface area contributed by atoms with Crippen LogP contribution in [-0.4, -0.2) is 61.2 Å². The number of amides is 1. The summed E-state index contributed by atoms with van der Waals surface area (Å²) >= 11 is 0. The van der Waals surface area contributed by atoms with Gasteiger partial charge in [0.15, 0.2) is 34.5 Å². The second-order valence-corrected chi connectivity index (χ2v) is 7.60. The first-order valence-electron chi connectivity index (χ1n) is 10.5. The molecule has 3 aromatic rings. The van der Waals surface area contributed by atoms with Gasteiger partial charge >= 0.3 is 0 Å². The Morgan fingerprint density at radius 3 is 2.54 bits per heavy atom. The lowest BCUT2D eigenvalue weighted by atomic mass is 10.0. The molecule has 4 rings (SSSR count). The number of furan rings is 1. The number of fused-ring (bicyclic) bond motifs is 1. The zero-order valence-electron chi connectivity index (χ0n) is 18.9. The summed E-state index contributed by atoms with van der Waals surface area (Å²) in [6.45, 7) is 4.23. The Kier molecular flexibility index (Phi) is 6.92. The van der Waals surface area contributed by atoms with Crippen LogP contribution in [-0.2, 0) is 9.53 Å². The van der Waals surface area contributed by atoms with Crippen LogP contribution in [0.2, 0.25) is 0 Å². The second-order valence-electron chi connectivity index (χ2n) is 7.60. The van der Waals surface area contributed by atoms with Gasteiger partial charge in [0.1, 0.15) is 11.1 Å². The van der Waals surface area contributed by atoms with Crippen molar-refractivity contribution in [2.24, 2.45) is 0 Å². The van der Waals surface area contributed by atoms with Crippen molar-refractivity contribution in [3.63, 3.8) is 0 Å². The zero-order chi connectivity index (χ0) is 25.1. The molecular formula is C23H22F2N4O6. The number of aromatic nitrogens is 2. The SMILES string of the molecule is C=CC(=O)NC1CCOCC1Nc1ncc2oc(C(=O)c3c(F)c(OC)cc(OC)c3F)cc2n1. The molecule has 2 N–H and O–H groups in total. The van der Waals surface area contributed by atoms with E-state index in [9.17, 15) is 18.4 Å². The van der Waals surface area contributed by atoms with Crippen molar-refractivity contribution in [1.82, 2.24) is 15.3 Å². The van der Waals surface area contributed by atoms with Gasteiger partial charge < -0.3 is 29.3 Å². The summed E-state index contributed by atoms with van der Waals surface area (Å²) in [5.41, 5.74) is -0.525. The van der Waals surface area contributed by atoms with Crippen molar-refractivity contribution >= 4 is 28.7 Å². The second kappa shape index (κ2) is 10.1. The molecule has 12 heteroatoms. The number of hydrogen-bond donors (Lipinski definition) is 2. The first kappa shape index (κ1) is 24.1. The van der Waals surface area contributed by atoms with E-state index in [1.165, 1.54) is 32.6 Å².